The summed E-state index contributed by atoms with van der Waals surface area (Å²) in [6, 6.07) is 1.97. The molecule has 0 aromatic carbocycles. The third kappa shape index (κ3) is 1.43. The molecule has 2 bridgehead atoms. The molecule has 0 amide bonds. The second-order valence-corrected chi connectivity index (χ2v) is 5.30. The van der Waals surface area contributed by atoms with Gasteiger partial charge in [-0.1, -0.05) is 0 Å². The van der Waals surface area contributed by atoms with Crippen LogP contribution in [0, 0.1) is 5.92 Å². The fourth-order valence-corrected chi connectivity index (χ4v) is 3.14. The summed E-state index contributed by atoms with van der Waals surface area (Å²) in [5.74, 6) is 1.36. The van der Waals surface area contributed by atoms with Crippen LogP contribution in [-0.4, -0.2) is 45.2 Å². The SMILES string of the molecule is Cn1cnc2c(OC3CN4CCC3C4)nccc21. The van der Waals surface area contributed by atoms with E-state index in [1.807, 2.05) is 24.0 Å². The Labute approximate surface area is 105 Å². The summed E-state index contributed by atoms with van der Waals surface area (Å²) in [7, 11) is 1.99. The zero-order valence-corrected chi connectivity index (χ0v) is 10.4. The third-order valence-electron chi connectivity index (χ3n) is 4.15. The molecular weight excluding hydrogens is 228 g/mol. The quantitative estimate of drug-likeness (QED) is 0.792. The Kier molecular flexibility index (Phi) is 2.11. The maximum Gasteiger partial charge on any atom is 0.242 e. The van der Waals surface area contributed by atoms with Gasteiger partial charge in [-0.05, 0) is 19.0 Å². The van der Waals surface area contributed by atoms with Crippen LogP contribution in [0.2, 0.25) is 0 Å². The summed E-state index contributed by atoms with van der Waals surface area (Å²) >= 11 is 0. The second-order valence-electron chi connectivity index (χ2n) is 5.30. The first-order valence-corrected chi connectivity index (χ1v) is 6.46. The standard InChI is InChI=1S/C13H16N4O/c1-16-8-15-12-10(16)2-4-14-13(12)18-11-7-17-5-3-9(11)6-17/h2,4,8-9,11H,3,5-7H2,1H3. The van der Waals surface area contributed by atoms with E-state index in [0.29, 0.717) is 17.9 Å². The molecule has 4 heterocycles. The number of ether oxygens (including phenoxy) is 1. The number of pyridine rings is 1. The van der Waals surface area contributed by atoms with Crippen LogP contribution < -0.4 is 4.74 Å². The predicted octanol–water partition coefficient (Wildman–Crippen LogP) is 1.05. The van der Waals surface area contributed by atoms with Gasteiger partial charge in [-0.25, -0.2) is 9.97 Å². The van der Waals surface area contributed by atoms with Gasteiger partial charge in [0.15, 0.2) is 5.52 Å². The summed E-state index contributed by atoms with van der Waals surface area (Å²) in [4.78, 5) is 11.2. The van der Waals surface area contributed by atoms with Crippen LogP contribution in [0.3, 0.4) is 0 Å². The maximum absolute atomic E-state index is 6.11. The van der Waals surface area contributed by atoms with E-state index in [9.17, 15) is 0 Å². The molecule has 3 unspecified atom stereocenters. The minimum absolute atomic E-state index is 0.291. The largest absolute Gasteiger partial charge is 0.471 e. The predicted molar refractivity (Wildman–Crippen MR) is 67.5 cm³/mol. The number of imidazole rings is 1. The highest BCUT2D eigenvalue weighted by molar-refractivity contribution is 5.79. The van der Waals surface area contributed by atoms with Crippen molar-refractivity contribution >= 4 is 11.0 Å². The lowest BCUT2D eigenvalue weighted by Gasteiger charge is -2.22. The van der Waals surface area contributed by atoms with Crippen molar-refractivity contribution in [3.63, 3.8) is 0 Å². The van der Waals surface area contributed by atoms with E-state index >= 15 is 0 Å². The van der Waals surface area contributed by atoms with Crippen molar-refractivity contribution in [2.75, 3.05) is 19.6 Å². The zero-order chi connectivity index (χ0) is 12.1. The highest BCUT2D eigenvalue weighted by atomic mass is 16.5. The van der Waals surface area contributed by atoms with Gasteiger partial charge in [-0.3, -0.25) is 4.90 Å². The molecule has 2 aromatic heterocycles. The minimum Gasteiger partial charge on any atom is -0.471 e. The van der Waals surface area contributed by atoms with Gasteiger partial charge in [0.1, 0.15) is 6.10 Å². The molecule has 4 rings (SSSR count). The van der Waals surface area contributed by atoms with Crippen LogP contribution in [0.4, 0.5) is 0 Å². The van der Waals surface area contributed by atoms with Crippen molar-refractivity contribution in [2.45, 2.75) is 12.5 Å². The molecule has 0 aliphatic carbocycles. The lowest BCUT2D eigenvalue weighted by molar-refractivity contribution is 0.137. The van der Waals surface area contributed by atoms with Crippen molar-refractivity contribution in [1.29, 1.82) is 0 Å². The van der Waals surface area contributed by atoms with E-state index < -0.39 is 0 Å². The summed E-state index contributed by atoms with van der Waals surface area (Å²) in [5, 5.41) is 0. The van der Waals surface area contributed by atoms with Crippen LogP contribution in [-0.2, 0) is 7.05 Å². The molecule has 2 aliphatic rings. The first-order valence-electron chi connectivity index (χ1n) is 6.46. The van der Waals surface area contributed by atoms with Gasteiger partial charge in [0, 0.05) is 32.3 Å². The molecule has 3 atom stereocenters. The van der Waals surface area contributed by atoms with E-state index in [-0.39, 0.29) is 0 Å². The lowest BCUT2D eigenvalue weighted by atomic mass is 10.0. The fraction of sp³-hybridized carbons (Fsp3) is 0.538. The molecule has 2 fully saturated rings. The van der Waals surface area contributed by atoms with Crippen LogP contribution in [0.25, 0.3) is 11.0 Å². The second kappa shape index (κ2) is 3.68. The molecule has 0 radical (unpaired) electrons. The number of hydrogen-bond acceptors (Lipinski definition) is 4. The Morgan fingerprint density at radius 2 is 2.28 bits per heavy atom. The van der Waals surface area contributed by atoms with E-state index in [2.05, 4.69) is 14.9 Å². The van der Waals surface area contributed by atoms with Crippen LogP contribution in [0.1, 0.15) is 6.42 Å². The van der Waals surface area contributed by atoms with Crippen LogP contribution >= 0.6 is 0 Å². The molecule has 0 spiro atoms. The zero-order valence-electron chi connectivity index (χ0n) is 10.4. The van der Waals surface area contributed by atoms with E-state index in [0.717, 1.165) is 17.6 Å². The smallest absolute Gasteiger partial charge is 0.242 e. The van der Waals surface area contributed by atoms with Crippen molar-refractivity contribution in [1.82, 2.24) is 19.4 Å². The molecular formula is C13H16N4O. The Bertz CT molecular complexity index is 594. The number of hydrogen-bond donors (Lipinski definition) is 0. The van der Waals surface area contributed by atoms with Crippen molar-refractivity contribution in [3.05, 3.63) is 18.6 Å². The molecule has 2 aromatic rings. The van der Waals surface area contributed by atoms with Crippen LogP contribution in [0.5, 0.6) is 5.88 Å². The number of piperidine rings is 1. The normalized spacial score (nSPS) is 30.2. The van der Waals surface area contributed by atoms with Gasteiger partial charge in [0.2, 0.25) is 5.88 Å². The Morgan fingerprint density at radius 3 is 3.06 bits per heavy atom. The van der Waals surface area contributed by atoms with Crippen molar-refractivity contribution < 1.29 is 4.74 Å². The summed E-state index contributed by atoms with van der Waals surface area (Å²) < 4.78 is 8.10. The topological polar surface area (TPSA) is 43.2 Å². The van der Waals surface area contributed by atoms with Gasteiger partial charge in [-0.15, -0.1) is 0 Å². The average molecular weight is 244 g/mol. The minimum atomic E-state index is 0.291. The summed E-state index contributed by atoms with van der Waals surface area (Å²) in [6.45, 7) is 3.45. The van der Waals surface area contributed by atoms with Gasteiger partial charge < -0.3 is 9.30 Å². The van der Waals surface area contributed by atoms with Gasteiger partial charge in [0.05, 0.1) is 11.8 Å². The molecule has 94 valence electrons. The van der Waals surface area contributed by atoms with Crippen molar-refractivity contribution in [3.8, 4) is 5.88 Å². The highest BCUT2D eigenvalue weighted by Gasteiger charge is 2.39. The van der Waals surface area contributed by atoms with Crippen molar-refractivity contribution in [2.24, 2.45) is 13.0 Å². The Hall–Kier alpha value is -1.62. The molecule has 2 aliphatic heterocycles. The first kappa shape index (κ1) is 10.3. The average Bonchev–Trinajstić information content (AvgIpc) is 3.06. The highest BCUT2D eigenvalue weighted by Crippen LogP contribution is 2.32. The van der Waals surface area contributed by atoms with Gasteiger partial charge >= 0.3 is 0 Å². The summed E-state index contributed by atoms with van der Waals surface area (Å²) in [6.07, 6.45) is 5.15. The Balaban J connectivity index is 1.67. The molecule has 5 heteroatoms. The van der Waals surface area contributed by atoms with Crippen LogP contribution in [0.15, 0.2) is 18.6 Å². The maximum atomic E-state index is 6.11. The van der Waals surface area contributed by atoms with E-state index in [4.69, 9.17) is 4.74 Å². The summed E-state index contributed by atoms with van der Waals surface area (Å²) in [5.41, 5.74) is 1.95. The molecule has 5 nitrogen and oxygen atoms in total. The van der Waals surface area contributed by atoms with E-state index in [1.165, 1.54) is 19.5 Å². The first-order chi connectivity index (χ1) is 8.81. The number of nitrogens with zero attached hydrogens (tertiary/aromatic N) is 4. The monoisotopic (exact) mass is 244 g/mol. The molecule has 0 N–H and O–H groups in total. The molecule has 18 heavy (non-hydrogen) atoms. The third-order valence-corrected chi connectivity index (χ3v) is 4.15. The number of rotatable bonds is 2. The number of aryl methyl sites for hydroxylation is 1. The molecule has 0 saturated carbocycles. The van der Waals surface area contributed by atoms with E-state index in [1.54, 1.807) is 6.20 Å². The number of fused-ring (bicyclic) bond motifs is 3. The van der Waals surface area contributed by atoms with Gasteiger partial charge in [0.25, 0.3) is 0 Å². The Morgan fingerprint density at radius 1 is 1.33 bits per heavy atom. The fourth-order valence-electron chi connectivity index (χ4n) is 3.14. The molecule has 2 saturated heterocycles. The number of aromatic nitrogens is 3. The lowest BCUT2D eigenvalue weighted by Crippen LogP contribution is -2.32. The van der Waals surface area contributed by atoms with Gasteiger partial charge in [-0.2, -0.15) is 0 Å².